The van der Waals surface area contributed by atoms with Crippen LogP contribution in [0.5, 0.6) is 0 Å². The van der Waals surface area contributed by atoms with Gasteiger partial charge in [-0.1, -0.05) is 53.8 Å². The molecule has 4 aromatic rings. The Hall–Kier alpha value is -2.54. The molecule has 4 rings (SSSR count). The molecule has 0 saturated heterocycles. The first-order valence-corrected chi connectivity index (χ1v) is 10.8. The van der Waals surface area contributed by atoms with Crippen molar-refractivity contribution >= 4 is 55.8 Å². The van der Waals surface area contributed by atoms with E-state index in [-0.39, 0.29) is 24.1 Å². The third-order valence-corrected chi connectivity index (χ3v) is 6.12. The lowest BCUT2D eigenvalue weighted by molar-refractivity contribution is -0.118. The van der Waals surface area contributed by atoms with E-state index in [1.807, 2.05) is 38.4 Å². The Labute approximate surface area is 191 Å². The minimum atomic E-state index is -0.293. The standard InChI is InChI=1S/C24H24FN3OS.ClH/c1-27(2)13-6-14-28(24-26-21-12-11-19(25)16-22(21)30-24)23(29)15-18-9-5-8-17-7-3-4-10-20(17)18;/h3-5,7-12,16H,6,13-15H2,1-2H3;1H. The Morgan fingerprint density at radius 3 is 2.61 bits per heavy atom. The molecule has 0 radical (unpaired) electrons. The van der Waals surface area contributed by atoms with Crippen molar-refractivity contribution in [3.8, 4) is 0 Å². The molecular weight excluding hydrogens is 433 g/mol. The molecule has 0 aliphatic heterocycles. The smallest absolute Gasteiger partial charge is 0.233 e. The lowest BCUT2D eigenvalue weighted by Crippen LogP contribution is -2.34. The van der Waals surface area contributed by atoms with Crippen molar-refractivity contribution < 1.29 is 9.18 Å². The van der Waals surface area contributed by atoms with Crippen LogP contribution in [0.2, 0.25) is 0 Å². The van der Waals surface area contributed by atoms with Crippen LogP contribution in [-0.4, -0.2) is 43.0 Å². The summed E-state index contributed by atoms with van der Waals surface area (Å²) in [4.78, 5) is 21.9. The number of aromatic nitrogens is 1. The number of rotatable bonds is 7. The SMILES string of the molecule is CN(C)CCCN(C(=O)Cc1cccc2ccccc12)c1nc2ccc(F)cc2s1.Cl. The number of nitrogens with zero attached hydrogens (tertiary/aromatic N) is 3. The molecule has 4 nitrogen and oxygen atoms in total. The molecule has 0 bridgehead atoms. The van der Waals surface area contributed by atoms with Crippen molar-refractivity contribution in [3.05, 3.63) is 72.0 Å². The Balaban J connectivity index is 0.00000272. The molecular formula is C24H25ClFN3OS. The number of carbonyl (C=O) groups is 1. The molecule has 0 saturated carbocycles. The van der Waals surface area contributed by atoms with Crippen molar-refractivity contribution in [1.29, 1.82) is 0 Å². The molecule has 31 heavy (non-hydrogen) atoms. The summed E-state index contributed by atoms with van der Waals surface area (Å²) in [6, 6.07) is 18.7. The van der Waals surface area contributed by atoms with Gasteiger partial charge in [-0.3, -0.25) is 9.69 Å². The second-order valence-corrected chi connectivity index (χ2v) is 8.63. The van der Waals surface area contributed by atoms with E-state index in [1.165, 1.54) is 23.5 Å². The maximum absolute atomic E-state index is 13.6. The van der Waals surface area contributed by atoms with Gasteiger partial charge in [-0.15, -0.1) is 12.4 Å². The molecule has 1 amide bonds. The summed E-state index contributed by atoms with van der Waals surface area (Å²) in [6.07, 6.45) is 1.13. The number of benzene rings is 3. The number of hydrogen-bond acceptors (Lipinski definition) is 4. The fourth-order valence-electron chi connectivity index (χ4n) is 3.58. The van der Waals surface area contributed by atoms with Crippen LogP contribution in [0, 0.1) is 5.82 Å². The number of hydrogen-bond donors (Lipinski definition) is 0. The van der Waals surface area contributed by atoms with E-state index >= 15 is 0 Å². The van der Waals surface area contributed by atoms with Gasteiger partial charge in [0.15, 0.2) is 5.13 Å². The van der Waals surface area contributed by atoms with Crippen molar-refractivity contribution in [3.63, 3.8) is 0 Å². The van der Waals surface area contributed by atoms with Crippen LogP contribution in [0.4, 0.5) is 9.52 Å². The summed E-state index contributed by atoms with van der Waals surface area (Å²) in [5.74, 6) is -0.288. The molecule has 0 aliphatic carbocycles. The van der Waals surface area contributed by atoms with E-state index in [9.17, 15) is 9.18 Å². The van der Waals surface area contributed by atoms with Gasteiger partial charge in [0, 0.05) is 6.54 Å². The van der Waals surface area contributed by atoms with Crippen molar-refractivity contribution in [1.82, 2.24) is 9.88 Å². The maximum Gasteiger partial charge on any atom is 0.233 e. The highest BCUT2D eigenvalue weighted by Crippen LogP contribution is 2.30. The third kappa shape index (κ3) is 5.39. The summed E-state index contributed by atoms with van der Waals surface area (Å²) >= 11 is 1.36. The predicted octanol–water partition coefficient (Wildman–Crippen LogP) is 5.54. The molecule has 0 atom stereocenters. The van der Waals surface area contributed by atoms with E-state index in [1.54, 1.807) is 11.0 Å². The summed E-state index contributed by atoms with van der Waals surface area (Å²) in [7, 11) is 4.03. The van der Waals surface area contributed by atoms with Gasteiger partial charge in [0.25, 0.3) is 0 Å². The summed E-state index contributed by atoms with van der Waals surface area (Å²) < 4.78 is 14.4. The minimum absolute atomic E-state index is 0. The lowest BCUT2D eigenvalue weighted by Gasteiger charge is -2.21. The Morgan fingerprint density at radius 1 is 1.03 bits per heavy atom. The largest absolute Gasteiger partial charge is 0.309 e. The first-order valence-electron chi connectivity index (χ1n) is 9.99. The van der Waals surface area contributed by atoms with E-state index < -0.39 is 0 Å². The zero-order valence-electron chi connectivity index (χ0n) is 17.5. The van der Waals surface area contributed by atoms with Crippen LogP contribution in [0.1, 0.15) is 12.0 Å². The van der Waals surface area contributed by atoms with Crippen LogP contribution < -0.4 is 4.90 Å². The number of fused-ring (bicyclic) bond motifs is 2. The average molecular weight is 458 g/mol. The summed E-state index contributed by atoms with van der Waals surface area (Å²) in [5, 5.41) is 2.84. The van der Waals surface area contributed by atoms with Gasteiger partial charge >= 0.3 is 0 Å². The molecule has 3 aromatic carbocycles. The highest BCUT2D eigenvalue weighted by atomic mass is 35.5. The van der Waals surface area contributed by atoms with Gasteiger partial charge < -0.3 is 4.90 Å². The van der Waals surface area contributed by atoms with Crippen LogP contribution >= 0.6 is 23.7 Å². The molecule has 1 heterocycles. The van der Waals surface area contributed by atoms with Crippen LogP contribution in [0.3, 0.4) is 0 Å². The van der Waals surface area contributed by atoms with Crippen molar-refractivity contribution in [2.75, 3.05) is 32.1 Å². The van der Waals surface area contributed by atoms with Crippen LogP contribution in [-0.2, 0) is 11.2 Å². The van der Waals surface area contributed by atoms with Gasteiger partial charge in [0.1, 0.15) is 5.82 Å². The van der Waals surface area contributed by atoms with Gasteiger partial charge in [0.05, 0.1) is 16.6 Å². The van der Waals surface area contributed by atoms with E-state index in [0.29, 0.717) is 23.6 Å². The number of anilines is 1. The number of thiazole rings is 1. The molecule has 0 aliphatic rings. The van der Waals surface area contributed by atoms with Gasteiger partial charge in [-0.05, 0) is 61.6 Å². The summed E-state index contributed by atoms with van der Waals surface area (Å²) in [5.41, 5.74) is 1.72. The quantitative estimate of drug-likeness (QED) is 0.365. The number of carbonyl (C=O) groups excluding carboxylic acids is 1. The predicted molar refractivity (Wildman–Crippen MR) is 130 cm³/mol. The average Bonchev–Trinajstić information content (AvgIpc) is 3.14. The Morgan fingerprint density at radius 2 is 1.81 bits per heavy atom. The van der Waals surface area contributed by atoms with Crippen molar-refractivity contribution in [2.24, 2.45) is 0 Å². The monoisotopic (exact) mass is 457 g/mol. The minimum Gasteiger partial charge on any atom is -0.309 e. The van der Waals surface area contributed by atoms with E-state index in [4.69, 9.17) is 0 Å². The van der Waals surface area contributed by atoms with E-state index in [0.717, 1.165) is 34.0 Å². The lowest BCUT2D eigenvalue weighted by atomic mass is 10.0. The molecule has 0 fully saturated rings. The fraction of sp³-hybridized carbons (Fsp3) is 0.250. The van der Waals surface area contributed by atoms with Crippen LogP contribution in [0.25, 0.3) is 21.0 Å². The number of halogens is 2. The topological polar surface area (TPSA) is 36.4 Å². The fourth-order valence-corrected chi connectivity index (χ4v) is 4.61. The third-order valence-electron chi connectivity index (χ3n) is 5.08. The van der Waals surface area contributed by atoms with Gasteiger partial charge in [0.2, 0.25) is 5.91 Å². The van der Waals surface area contributed by atoms with E-state index in [2.05, 4.69) is 28.1 Å². The highest BCUT2D eigenvalue weighted by molar-refractivity contribution is 7.22. The Kier molecular flexibility index (Phi) is 7.59. The molecule has 7 heteroatoms. The second kappa shape index (κ2) is 10.2. The van der Waals surface area contributed by atoms with Crippen LogP contribution in [0.15, 0.2) is 60.7 Å². The molecule has 0 N–H and O–H groups in total. The molecule has 0 unspecified atom stereocenters. The van der Waals surface area contributed by atoms with Gasteiger partial charge in [-0.2, -0.15) is 0 Å². The molecule has 162 valence electrons. The zero-order chi connectivity index (χ0) is 21.1. The second-order valence-electron chi connectivity index (χ2n) is 7.63. The zero-order valence-corrected chi connectivity index (χ0v) is 19.2. The highest BCUT2D eigenvalue weighted by Gasteiger charge is 2.21. The number of amides is 1. The first-order chi connectivity index (χ1) is 14.5. The summed E-state index contributed by atoms with van der Waals surface area (Å²) in [6.45, 7) is 1.45. The first kappa shape index (κ1) is 23.1. The molecule has 1 aromatic heterocycles. The molecule has 0 spiro atoms. The van der Waals surface area contributed by atoms with Crippen molar-refractivity contribution in [2.45, 2.75) is 12.8 Å². The normalized spacial score (nSPS) is 11.1. The van der Waals surface area contributed by atoms with Gasteiger partial charge in [-0.25, -0.2) is 9.37 Å². The Bertz CT molecular complexity index is 1190. The maximum atomic E-state index is 13.6.